The van der Waals surface area contributed by atoms with Crippen LogP contribution < -0.4 is 0 Å². The average molecular weight is 416 g/mol. The highest BCUT2D eigenvalue weighted by molar-refractivity contribution is 5.77. The van der Waals surface area contributed by atoms with Gasteiger partial charge in [-0.15, -0.1) is 0 Å². The molecule has 0 bridgehead atoms. The highest BCUT2D eigenvalue weighted by atomic mass is 16.4. The standard InChI is InChI=1S/C26H26N2O3/c1-19-10-11-20-14-16-28(24(29)12-13-25(30)31,18-22-9-5-6-15-27-22)26(23(20)17-19)21-7-3-2-4-8-21/h2-11,15,17,26H,12-14,16,18H2,1H3/p+1. The Labute approximate surface area is 182 Å². The van der Waals surface area contributed by atoms with Crippen molar-refractivity contribution in [2.75, 3.05) is 6.54 Å². The van der Waals surface area contributed by atoms with Gasteiger partial charge in [0.15, 0.2) is 0 Å². The van der Waals surface area contributed by atoms with E-state index in [0.29, 0.717) is 13.1 Å². The first-order valence-corrected chi connectivity index (χ1v) is 10.7. The van der Waals surface area contributed by atoms with Crippen molar-refractivity contribution in [3.63, 3.8) is 0 Å². The van der Waals surface area contributed by atoms with Crippen molar-refractivity contribution >= 4 is 11.9 Å². The van der Waals surface area contributed by atoms with Crippen LogP contribution in [0.4, 0.5) is 0 Å². The number of aryl methyl sites for hydroxylation is 1. The summed E-state index contributed by atoms with van der Waals surface area (Å²) < 4.78 is 0.157. The van der Waals surface area contributed by atoms with Crippen LogP contribution in [0.5, 0.6) is 0 Å². The number of amides is 1. The highest BCUT2D eigenvalue weighted by Crippen LogP contribution is 2.43. The van der Waals surface area contributed by atoms with Gasteiger partial charge in [0.05, 0.1) is 25.1 Å². The van der Waals surface area contributed by atoms with Crippen LogP contribution in [-0.4, -0.2) is 33.0 Å². The van der Waals surface area contributed by atoms with E-state index in [1.807, 2.05) is 36.4 Å². The molecule has 31 heavy (non-hydrogen) atoms. The summed E-state index contributed by atoms with van der Waals surface area (Å²) >= 11 is 0. The topological polar surface area (TPSA) is 67.3 Å². The van der Waals surface area contributed by atoms with Gasteiger partial charge in [-0.2, -0.15) is 0 Å². The molecule has 5 heteroatoms. The fraction of sp³-hybridized carbons (Fsp3) is 0.269. The van der Waals surface area contributed by atoms with Gasteiger partial charge in [0.2, 0.25) is 0 Å². The summed E-state index contributed by atoms with van der Waals surface area (Å²) in [6, 6.07) is 22.1. The fourth-order valence-corrected chi connectivity index (χ4v) is 4.76. The predicted molar refractivity (Wildman–Crippen MR) is 118 cm³/mol. The maximum absolute atomic E-state index is 13.8. The van der Waals surface area contributed by atoms with E-state index in [4.69, 9.17) is 0 Å². The third-order valence-corrected chi connectivity index (χ3v) is 6.21. The number of carboxylic acid groups (broad SMARTS) is 1. The minimum atomic E-state index is -0.950. The van der Waals surface area contributed by atoms with Crippen molar-refractivity contribution in [3.8, 4) is 0 Å². The molecule has 1 N–H and O–H groups in total. The number of fused-ring (bicyclic) bond motifs is 1. The van der Waals surface area contributed by atoms with Crippen LogP contribution in [0.25, 0.3) is 0 Å². The molecule has 1 aliphatic heterocycles. The summed E-state index contributed by atoms with van der Waals surface area (Å²) in [6.07, 6.45) is 2.35. The lowest BCUT2D eigenvalue weighted by Crippen LogP contribution is -2.58. The lowest BCUT2D eigenvalue weighted by molar-refractivity contribution is -0.895. The molecule has 1 amide bonds. The van der Waals surface area contributed by atoms with Crippen molar-refractivity contribution in [2.24, 2.45) is 0 Å². The molecule has 3 aromatic rings. The number of carbonyl (C=O) groups is 2. The third kappa shape index (κ3) is 4.28. The van der Waals surface area contributed by atoms with E-state index < -0.39 is 5.97 Å². The maximum atomic E-state index is 13.8. The number of rotatable bonds is 6. The lowest BCUT2D eigenvalue weighted by Gasteiger charge is -2.46. The maximum Gasteiger partial charge on any atom is 0.315 e. The zero-order valence-electron chi connectivity index (χ0n) is 17.7. The van der Waals surface area contributed by atoms with E-state index in [1.54, 1.807) is 6.20 Å². The molecule has 0 spiro atoms. The first-order valence-electron chi connectivity index (χ1n) is 10.7. The first-order chi connectivity index (χ1) is 15.0. The summed E-state index contributed by atoms with van der Waals surface area (Å²) in [5, 5.41) is 9.24. The van der Waals surface area contributed by atoms with Gasteiger partial charge < -0.3 is 5.11 Å². The second-order valence-corrected chi connectivity index (χ2v) is 8.29. The molecular weight excluding hydrogens is 388 g/mol. The van der Waals surface area contributed by atoms with Crippen LogP contribution in [-0.2, 0) is 22.6 Å². The second kappa shape index (κ2) is 8.82. The van der Waals surface area contributed by atoms with E-state index in [-0.39, 0.29) is 29.3 Å². The van der Waals surface area contributed by atoms with Crippen LogP contribution in [0.2, 0.25) is 0 Å². The summed E-state index contributed by atoms with van der Waals surface area (Å²) in [4.78, 5) is 29.6. The quantitative estimate of drug-likeness (QED) is 0.604. The van der Waals surface area contributed by atoms with Gasteiger partial charge in [0.25, 0.3) is 0 Å². The molecule has 0 aliphatic carbocycles. The molecule has 2 heterocycles. The molecule has 0 fully saturated rings. The van der Waals surface area contributed by atoms with Crippen LogP contribution in [0.3, 0.4) is 0 Å². The summed E-state index contributed by atoms with van der Waals surface area (Å²) in [7, 11) is 0. The van der Waals surface area contributed by atoms with Gasteiger partial charge in [-0.05, 0) is 30.7 Å². The van der Waals surface area contributed by atoms with Gasteiger partial charge in [-0.3, -0.25) is 9.78 Å². The lowest BCUT2D eigenvalue weighted by atomic mass is 9.84. The summed E-state index contributed by atoms with van der Waals surface area (Å²) in [5.74, 6) is -0.997. The van der Waals surface area contributed by atoms with E-state index >= 15 is 0 Å². The number of benzene rings is 2. The Balaban J connectivity index is 1.89. The van der Waals surface area contributed by atoms with Gasteiger partial charge in [0, 0.05) is 23.7 Å². The van der Waals surface area contributed by atoms with E-state index in [1.165, 1.54) is 5.56 Å². The molecule has 0 saturated carbocycles. The number of pyridine rings is 1. The molecule has 4 rings (SSSR count). The molecule has 158 valence electrons. The van der Waals surface area contributed by atoms with Crippen LogP contribution in [0.1, 0.15) is 46.8 Å². The normalized spacial score (nSPS) is 20.1. The number of aliphatic carboxylic acids is 1. The second-order valence-electron chi connectivity index (χ2n) is 8.29. The van der Waals surface area contributed by atoms with Gasteiger partial charge in [-0.1, -0.05) is 54.1 Å². The number of hydrogen-bond donors (Lipinski definition) is 1. The number of nitrogens with zero attached hydrogens (tertiary/aromatic N) is 2. The Kier molecular flexibility index (Phi) is 5.96. The molecule has 2 unspecified atom stereocenters. The molecule has 0 radical (unpaired) electrons. The Morgan fingerprint density at radius 1 is 1.03 bits per heavy atom. The third-order valence-electron chi connectivity index (χ3n) is 6.21. The van der Waals surface area contributed by atoms with Gasteiger partial charge in [-0.25, -0.2) is 9.28 Å². The highest BCUT2D eigenvalue weighted by Gasteiger charge is 2.49. The SMILES string of the molecule is Cc1ccc2c(c1)C(c1ccccc1)[N+](Cc1ccccn1)(C(=O)CCC(=O)O)CC2. The molecule has 1 aromatic heterocycles. The average Bonchev–Trinajstić information content (AvgIpc) is 2.78. The minimum absolute atomic E-state index is 0.00660. The number of carboxylic acids is 1. The van der Waals surface area contributed by atoms with Gasteiger partial charge in [0.1, 0.15) is 12.6 Å². The van der Waals surface area contributed by atoms with Crippen molar-refractivity contribution in [2.45, 2.75) is 38.8 Å². The fourth-order valence-electron chi connectivity index (χ4n) is 4.76. The Hall–Kier alpha value is -3.31. The van der Waals surface area contributed by atoms with Crippen LogP contribution in [0, 0.1) is 6.92 Å². The van der Waals surface area contributed by atoms with Crippen molar-refractivity contribution in [3.05, 3.63) is 101 Å². The van der Waals surface area contributed by atoms with Crippen molar-refractivity contribution in [1.29, 1.82) is 0 Å². The largest absolute Gasteiger partial charge is 0.481 e. The number of quaternary nitrogens is 1. The molecule has 2 atom stereocenters. The number of carbonyl (C=O) groups excluding carboxylic acids is 1. The van der Waals surface area contributed by atoms with E-state index in [9.17, 15) is 14.7 Å². The first kappa shape index (κ1) is 20.9. The van der Waals surface area contributed by atoms with Crippen LogP contribution in [0.15, 0.2) is 72.9 Å². The van der Waals surface area contributed by atoms with Crippen molar-refractivity contribution in [1.82, 2.24) is 4.98 Å². The smallest absolute Gasteiger partial charge is 0.315 e. The molecule has 5 nitrogen and oxygen atoms in total. The Bertz CT molecular complexity index is 1080. The van der Waals surface area contributed by atoms with Crippen LogP contribution >= 0.6 is 0 Å². The zero-order chi connectivity index (χ0) is 21.8. The van der Waals surface area contributed by atoms with E-state index in [2.05, 4.69) is 42.2 Å². The molecule has 1 aliphatic rings. The summed E-state index contributed by atoms with van der Waals surface area (Å²) in [6.45, 7) is 3.12. The Morgan fingerprint density at radius 2 is 1.81 bits per heavy atom. The molecule has 0 saturated heterocycles. The zero-order valence-corrected chi connectivity index (χ0v) is 17.7. The Morgan fingerprint density at radius 3 is 2.52 bits per heavy atom. The minimum Gasteiger partial charge on any atom is -0.481 e. The van der Waals surface area contributed by atoms with Crippen molar-refractivity contribution < 1.29 is 19.2 Å². The molecular formula is C26H27N2O3+. The van der Waals surface area contributed by atoms with E-state index in [0.717, 1.165) is 28.8 Å². The number of aromatic nitrogens is 1. The predicted octanol–water partition coefficient (Wildman–Crippen LogP) is 4.44. The van der Waals surface area contributed by atoms with Gasteiger partial charge >= 0.3 is 11.9 Å². The number of hydrogen-bond acceptors (Lipinski definition) is 3. The molecule has 2 aromatic carbocycles. The monoisotopic (exact) mass is 415 g/mol. The summed E-state index contributed by atoms with van der Waals surface area (Å²) in [5.41, 5.74) is 5.45.